The number of benzene rings is 1. The van der Waals surface area contributed by atoms with Crippen molar-refractivity contribution in [3.63, 3.8) is 0 Å². The van der Waals surface area contributed by atoms with Crippen LogP contribution >= 0.6 is 0 Å². The van der Waals surface area contributed by atoms with Crippen molar-refractivity contribution in [3.8, 4) is 0 Å². The molecule has 5 rings (SSSR count). The Balaban J connectivity index is 1.48. The summed E-state index contributed by atoms with van der Waals surface area (Å²) in [5.41, 5.74) is -1.24. The number of likely N-dealkylation sites (N-methyl/N-ethyl adjacent to an activating group) is 1. The van der Waals surface area contributed by atoms with Crippen LogP contribution in [0.3, 0.4) is 0 Å². The number of pyridine rings is 1. The number of nitrogens with zero attached hydrogens (tertiary/aromatic N) is 4. The van der Waals surface area contributed by atoms with Crippen molar-refractivity contribution in [2.45, 2.75) is 57.4 Å². The topological polar surface area (TPSA) is 74.9 Å². The van der Waals surface area contributed by atoms with Gasteiger partial charge in [0.05, 0.1) is 22.5 Å². The number of nitrogens with one attached hydrogen (secondary N) is 2. The fourth-order valence-corrected chi connectivity index (χ4v) is 6.48. The highest BCUT2D eigenvalue weighted by atomic mass is 19.4. The molecule has 2 saturated heterocycles. The van der Waals surface area contributed by atoms with Gasteiger partial charge in [0.15, 0.2) is 0 Å². The first kappa shape index (κ1) is 31.2. The summed E-state index contributed by atoms with van der Waals surface area (Å²) in [6, 6.07) is 4.04. The van der Waals surface area contributed by atoms with E-state index in [1.165, 1.54) is 6.07 Å². The minimum Gasteiger partial charge on any atom is -0.367 e. The minimum absolute atomic E-state index is 0.123. The molecule has 2 unspecified atom stereocenters. The Bertz CT molecular complexity index is 1420. The van der Waals surface area contributed by atoms with Gasteiger partial charge < -0.3 is 20.1 Å². The number of rotatable bonds is 5. The van der Waals surface area contributed by atoms with Gasteiger partial charge in [0.2, 0.25) is 5.56 Å². The van der Waals surface area contributed by atoms with Gasteiger partial charge >= 0.3 is 6.18 Å². The number of amides is 1. The van der Waals surface area contributed by atoms with Gasteiger partial charge in [0.25, 0.3) is 5.91 Å². The highest BCUT2D eigenvalue weighted by Crippen LogP contribution is 2.37. The third-order valence-corrected chi connectivity index (χ3v) is 9.30. The maximum absolute atomic E-state index is 15.9. The lowest BCUT2D eigenvalue weighted by Gasteiger charge is -2.44. The van der Waals surface area contributed by atoms with Gasteiger partial charge in [0, 0.05) is 62.1 Å². The van der Waals surface area contributed by atoms with Gasteiger partial charge in [-0.3, -0.25) is 19.4 Å². The molecule has 8 nitrogen and oxygen atoms in total. The highest BCUT2D eigenvalue weighted by Gasteiger charge is 2.36. The van der Waals surface area contributed by atoms with Crippen LogP contribution in [0.15, 0.2) is 35.3 Å². The second-order valence-electron chi connectivity index (χ2n) is 12.2. The highest BCUT2D eigenvalue weighted by molar-refractivity contribution is 6.07. The van der Waals surface area contributed by atoms with E-state index in [0.717, 1.165) is 44.2 Å². The first-order chi connectivity index (χ1) is 20.3. The molecule has 2 atom stereocenters. The standard InChI is InChI=1S/C31H40F4N6O2/c1-19-17-41(18-20(2)39(19)4)28-15-26(32)23(21-5-11-40(12-6-21)22-7-9-38(3)10-8-22)13-27(28)37-30(43)24-16-36-29(42)14-25(24)31(33,34)35/h5,13-16,19-20,22H,6-12,17-18H2,1-4H3,(H,36,42)(H,37,43). The molecule has 1 aromatic carbocycles. The summed E-state index contributed by atoms with van der Waals surface area (Å²) in [5, 5.41) is 2.64. The molecule has 0 aliphatic carbocycles. The zero-order valence-electron chi connectivity index (χ0n) is 25.1. The molecule has 1 amide bonds. The molecule has 12 heteroatoms. The van der Waals surface area contributed by atoms with Gasteiger partial charge in [0.1, 0.15) is 5.82 Å². The smallest absolute Gasteiger partial charge is 0.367 e. The van der Waals surface area contributed by atoms with E-state index in [9.17, 15) is 22.8 Å². The summed E-state index contributed by atoms with van der Waals surface area (Å²) >= 11 is 0. The Hall–Kier alpha value is -3.22. The van der Waals surface area contributed by atoms with Crippen LogP contribution in [0.4, 0.5) is 28.9 Å². The monoisotopic (exact) mass is 604 g/mol. The predicted molar refractivity (Wildman–Crippen MR) is 160 cm³/mol. The second-order valence-corrected chi connectivity index (χ2v) is 12.2. The fourth-order valence-electron chi connectivity index (χ4n) is 6.48. The number of halogens is 4. The van der Waals surface area contributed by atoms with Crippen molar-refractivity contribution in [3.05, 3.63) is 63.3 Å². The summed E-state index contributed by atoms with van der Waals surface area (Å²) < 4.78 is 57.1. The molecule has 43 heavy (non-hydrogen) atoms. The van der Waals surface area contributed by atoms with Crippen LogP contribution in [0.25, 0.3) is 5.57 Å². The van der Waals surface area contributed by atoms with E-state index in [1.807, 2.05) is 31.9 Å². The third kappa shape index (κ3) is 6.81. The van der Waals surface area contributed by atoms with E-state index in [2.05, 4.69) is 32.0 Å². The number of aromatic nitrogens is 1. The Kier molecular flexibility index (Phi) is 9.01. The number of hydrogen-bond acceptors (Lipinski definition) is 6. The molecule has 3 aliphatic heterocycles. The van der Waals surface area contributed by atoms with Crippen molar-refractivity contribution in [2.75, 3.05) is 63.6 Å². The maximum Gasteiger partial charge on any atom is 0.417 e. The Morgan fingerprint density at radius 2 is 1.70 bits per heavy atom. The number of H-pyrrole nitrogens is 1. The molecular weight excluding hydrogens is 564 g/mol. The predicted octanol–water partition coefficient (Wildman–Crippen LogP) is 4.50. The minimum atomic E-state index is -4.91. The largest absolute Gasteiger partial charge is 0.417 e. The molecule has 4 heterocycles. The summed E-state index contributed by atoms with van der Waals surface area (Å²) in [6.45, 7) is 8.74. The number of piperazine rings is 1. The maximum atomic E-state index is 15.9. The number of piperidine rings is 1. The number of alkyl halides is 3. The van der Waals surface area contributed by atoms with Crippen molar-refractivity contribution in [1.29, 1.82) is 0 Å². The van der Waals surface area contributed by atoms with Gasteiger partial charge in [-0.15, -0.1) is 0 Å². The van der Waals surface area contributed by atoms with Crippen LogP contribution in [0.1, 0.15) is 54.6 Å². The molecule has 3 aliphatic rings. The molecule has 2 fully saturated rings. The van der Waals surface area contributed by atoms with Crippen LogP contribution in [0, 0.1) is 5.82 Å². The zero-order valence-corrected chi connectivity index (χ0v) is 25.1. The second kappa shape index (κ2) is 12.4. The van der Waals surface area contributed by atoms with E-state index in [0.29, 0.717) is 49.4 Å². The average molecular weight is 605 g/mol. The number of carbonyl (C=O) groups is 1. The number of carbonyl (C=O) groups excluding carboxylic acids is 1. The molecule has 0 radical (unpaired) electrons. The summed E-state index contributed by atoms with van der Waals surface area (Å²) in [6.07, 6.45) is 0.682. The lowest BCUT2D eigenvalue weighted by molar-refractivity contribution is -0.138. The van der Waals surface area contributed by atoms with Crippen LogP contribution in [-0.2, 0) is 6.18 Å². The van der Waals surface area contributed by atoms with Crippen LogP contribution in [0.2, 0.25) is 0 Å². The van der Waals surface area contributed by atoms with E-state index >= 15 is 4.39 Å². The molecule has 1 aromatic heterocycles. The van der Waals surface area contributed by atoms with E-state index in [4.69, 9.17) is 0 Å². The van der Waals surface area contributed by atoms with Crippen LogP contribution in [0.5, 0.6) is 0 Å². The SMILES string of the molecule is CC1CN(c2cc(F)c(C3=CCN(C4CCN(C)CC4)CC3)cc2NC(=O)c2c[nH]c(=O)cc2C(F)(F)F)CC(C)N1C. The van der Waals surface area contributed by atoms with Gasteiger partial charge in [-0.1, -0.05) is 6.08 Å². The van der Waals surface area contributed by atoms with Crippen molar-refractivity contribution in [1.82, 2.24) is 19.7 Å². The number of anilines is 2. The first-order valence-electron chi connectivity index (χ1n) is 14.9. The zero-order chi connectivity index (χ0) is 31.1. The van der Waals surface area contributed by atoms with Crippen molar-refractivity contribution < 1.29 is 22.4 Å². The molecule has 2 N–H and O–H groups in total. The molecule has 234 valence electrons. The summed E-state index contributed by atoms with van der Waals surface area (Å²) in [4.78, 5) is 36.1. The van der Waals surface area contributed by atoms with Gasteiger partial charge in [-0.2, -0.15) is 13.2 Å². The van der Waals surface area contributed by atoms with Gasteiger partial charge in [-0.25, -0.2) is 4.39 Å². The van der Waals surface area contributed by atoms with Crippen LogP contribution in [-0.4, -0.2) is 97.1 Å². The van der Waals surface area contributed by atoms with Crippen LogP contribution < -0.4 is 15.8 Å². The van der Waals surface area contributed by atoms with E-state index in [-0.39, 0.29) is 17.8 Å². The Morgan fingerprint density at radius 1 is 1.02 bits per heavy atom. The summed E-state index contributed by atoms with van der Waals surface area (Å²) in [5.74, 6) is -1.48. The van der Waals surface area contributed by atoms with Crippen molar-refractivity contribution >= 4 is 22.9 Å². The molecule has 0 spiro atoms. The quantitative estimate of drug-likeness (QED) is 0.490. The number of likely N-dealkylation sites (tertiary alicyclic amines) is 1. The third-order valence-electron chi connectivity index (χ3n) is 9.30. The normalized spacial score (nSPS) is 23.3. The Morgan fingerprint density at radius 3 is 2.30 bits per heavy atom. The molecule has 2 aromatic rings. The van der Waals surface area contributed by atoms with Gasteiger partial charge in [-0.05, 0) is 78.0 Å². The Labute approximate surface area is 249 Å². The molecule has 0 bridgehead atoms. The number of aromatic amines is 1. The lowest BCUT2D eigenvalue weighted by Crippen LogP contribution is -2.55. The number of hydrogen-bond donors (Lipinski definition) is 2. The van der Waals surface area contributed by atoms with E-state index in [1.54, 1.807) is 6.07 Å². The van der Waals surface area contributed by atoms with E-state index < -0.39 is 34.6 Å². The summed E-state index contributed by atoms with van der Waals surface area (Å²) in [7, 11) is 4.13. The molecule has 0 saturated carbocycles. The first-order valence-corrected chi connectivity index (χ1v) is 14.9. The fraction of sp³-hybridized carbons (Fsp3) is 0.548. The molecular formula is C31H40F4N6O2. The van der Waals surface area contributed by atoms with Crippen molar-refractivity contribution in [2.24, 2.45) is 0 Å². The lowest BCUT2D eigenvalue weighted by atomic mass is 9.94. The average Bonchev–Trinajstić information content (AvgIpc) is 2.96.